The highest BCUT2D eigenvalue weighted by Gasteiger charge is 2.44. The van der Waals surface area contributed by atoms with Crippen molar-refractivity contribution in [1.82, 2.24) is 9.55 Å². The normalized spacial score (nSPS) is 16.3. The first-order valence-electron chi connectivity index (χ1n) is 11.5. The molecule has 3 nitrogen and oxygen atoms in total. The number of hydrogen-bond donors (Lipinski definition) is 0. The molecule has 2 aromatic carbocycles. The predicted octanol–water partition coefficient (Wildman–Crippen LogP) is 6.29. The molecule has 0 saturated heterocycles. The first-order valence-corrected chi connectivity index (χ1v) is 12.5. The van der Waals surface area contributed by atoms with Crippen LogP contribution in [-0.2, 0) is 24.1 Å². The third-order valence-electron chi connectivity index (χ3n) is 7.09. The molecular weight excluding hydrogens is 400 g/mol. The largest absolute Gasteiger partial charge is 0.287 e. The fourth-order valence-electron chi connectivity index (χ4n) is 5.49. The first kappa shape index (κ1) is 20.6. The zero-order chi connectivity index (χ0) is 21.4. The molecule has 0 N–H and O–H groups in total. The van der Waals surface area contributed by atoms with Crippen molar-refractivity contribution in [2.75, 3.05) is 0 Å². The standard InChI is InChI=1S/C27H30N2OS/c1-3-16-29-25(30)23-24(28-26(29)31-18-21-12-5-4-10-19(21)2)22-13-7-6-11-20(22)17-27(23)14-8-9-15-27/h4-7,10-13H,3,8-9,14-18H2,1-2H3. The molecule has 0 radical (unpaired) electrons. The van der Waals surface area contributed by atoms with Crippen LogP contribution in [-0.4, -0.2) is 9.55 Å². The third-order valence-corrected chi connectivity index (χ3v) is 8.12. The molecule has 0 bridgehead atoms. The van der Waals surface area contributed by atoms with E-state index in [0.29, 0.717) is 0 Å². The van der Waals surface area contributed by atoms with Gasteiger partial charge in [0.2, 0.25) is 0 Å². The second-order valence-electron chi connectivity index (χ2n) is 9.11. The van der Waals surface area contributed by atoms with Gasteiger partial charge in [-0.1, -0.05) is 80.1 Å². The quantitative estimate of drug-likeness (QED) is 0.352. The smallest absolute Gasteiger partial charge is 0.258 e. The van der Waals surface area contributed by atoms with E-state index in [4.69, 9.17) is 4.98 Å². The van der Waals surface area contributed by atoms with Crippen LogP contribution >= 0.6 is 11.8 Å². The predicted molar refractivity (Wildman–Crippen MR) is 129 cm³/mol. The minimum absolute atomic E-state index is 0.0253. The van der Waals surface area contributed by atoms with Gasteiger partial charge in [0.1, 0.15) is 0 Å². The Kier molecular flexibility index (Phi) is 5.51. The maximum atomic E-state index is 14.0. The Labute approximate surface area is 188 Å². The highest BCUT2D eigenvalue weighted by Crippen LogP contribution is 2.50. The molecule has 1 saturated carbocycles. The van der Waals surface area contributed by atoms with Gasteiger partial charge >= 0.3 is 0 Å². The molecule has 1 spiro atoms. The van der Waals surface area contributed by atoms with Gasteiger partial charge in [-0.15, -0.1) is 0 Å². The molecule has 0 aliphatic heterocycles. The summed E-state index contributed by atoms with van der Waals surface area (Å²) in [5.74, 6) is 0.828. The lowest BCUT2D eigenvalue weighted by molar-refractivity contribution is 0.414. The summed E-state index contributed by atoms with van der Waals surface area (Å²) in [6.07, 6.45) is 6.54. The number of rotatable bonds is 5. The van der Waals surface area contributed by atoms with Gasteiger partial charge in [-0.05, 0) is 49.3 Å². The van der Waals surface area contributed by atoms with Crippen LogP contribution in [0.2, 0.25) is 0 Å². The lowest BCUT2D eigenvalue weighted by Gasteiger charge is -2.36. The molecule has 0 atom stereocenters. The zero-order valence-electron chi connectivity index (χ0n) is 18.5. The van der Waals surface area contributed by atoms with E-state index >= 15 is 0 Å². The van der Waals surface area contributed by atoms with Gasteiger partial charge in [0.25, 0.3) is 5.56 Å². The number of nitrogens with zero attached hydrogens (tertiary/aromatic N) is 2. The van der Waals surface area contributed by atoms with Crippen LogP contribution in [0.4, 0.5) is 0 Å². The maximum absolute atomic E-state index is 14.0. The number of hydrogen-bond acceptors (Lipinski definition) is 3. The summed E-state index contributed by atoms with van der Waals surface area (Å²) >= 11 is 1.70. The average molecular weight is 431 g/mol. The molecule has 1 aromatic heterocycles. The summed E-state index contributed by atoms with van der Waals surface area (Å²) in [6, 6.07) is 17.1. The Bertz CT molecular complexity index is 1170. The molecule has 1 fully saturated rings. The molecule has 0 amide bonds. The van der Waals surface area contributed by atoms with E-state index < -0.39 is 0 Å². The molecule has 2 aliphatic carbocycles. The van der Waals surface area contributed by atoms with E-state index in [0.717, 1.165) is 60.0 Å². The maximum Gasteiger partial charge on any atom is 0.258 e. The second kappa shape index (κ2) is 8.31. The van der Waals surface area contributed by atoms with Gasteiger partial charge in [-0.3, -0.25) is 9.36 Å². The van der Waals surface area contributed by atoms with Gasteiger partial charge in [0.15, 0.2) is 5.16 Å². The van der Waals surface area contributed by atoms with Crippen LogP contribution in [0.25, 0.3) is 11.3 Å². The average Bonchev–Trinajstić information content (AvgIpc) is 3.23. The van der Waals surface area contributed by atoms with E-state index in [-0.39, 0.29) is 11.0 Å². The van der Waals surface area contributed by atoms with Crippen molar-refractivity contribution in [3.05, 3.63) is 81.1 Å². The summed E-state index contributed by atoms with van der Waals surface area (Å²) in [6.45, 7) is 5.02. The Morgan fingerprint density at radius 1 is 1.06 bits per heavy atom. The van der Waals surface area contributed by atoms with Crippen molar-refractivity contribution in [3.63, 3.8) is 0 Å². The first-order chi connectivity index (χ1) is 15.1. The van der Waals surface area contributed by atoms with E-state index in [1.807, 2.05) is 4.57 Å². The van der Waals surface area contributed by atoms with Crippen molar-refractivity contribution in [1.29, 1.82) is 0 Å². The lowest BCUT2D eigenvalue weighted by atomic mass is 9.68. The topological polar surface area (TPSA) is 34.9 Å². The van der Waals surface area contributed by atoms with Gasteiger partial charge in [-0.25, -0.2) is 4.98 Å². The van der Waals surface area contributed by atoms with Crippen molar-refractivity contribution < 1.29 is 0 Å². The van der Waals surface area contributed by atoms with E-state index in [1.54, 1.807) is 11.8 Å². The van der Waals surface area contributed by atoms with Crippen LogP contribution in [0, 0.1) is 6.92 Å². The summed E-state index contributed by atoms with van der Waals surface area (Å²) < 4.78 is 1.97. The van der Waals surface area contributed by atoms with E-state index in [1.165, 1.54) is 29.5 Å². The van der Waals surface area contributed by atoms with Gasteiger partial charge in [0, 0.05) is 23.3 Å². The second-order valence-corrected chi connectivity index (χ2v) is 10.1. The molecule has 31 heavy (non-hydrogen) atoms. The van der Waals surface area contributed by atoms with Crippen LogP contribution in [0.5, 0.6) is 0 Å². The summed E-state index contributed by atoms with van der Waals surface area (Å²) in [5, 5.41) is 0.860. The number of benzene rings is 2. The van der Waals surface area contributed by atoms with E-state index in [9.17, 15) is 4.79 Å². The fraction of sp³-hybridized carbons (Fsp3) is 0.407. The number of fused-ring (bicyclic) bond motifs is 4. The molecule has 3 aromatic rings. The molecule has 1 heterocycles. The van der Waals surface area contributed by atoms with Crippen LogP contribution in [0.15, 0.2) is 58.5 Å². The van der Waals surface area contributed by atoms with Crippen molar-refractivity contribution in [2.24, 2.45) is 0 Å². The molecule has 160 valence electrons. The van der Waals surface area contributed by atoms with Gasteiger partial charge in [-0.2, -0.15) is 0 Å². The van der Waals surface area contributed by atoms with Crippen LogP contribution < -0.4 is 5.56 Å². The molecular formula is C27H30N2OS. The van der Waals surface area contributed by atoms with Crippen LogP contribution in [0.3, 0.4) is 0 Å². The Morgan fingerprint density at radius 3 is 2.58 bits per heavy atom. The number of aryl methyl sites for hydroxylation is 1. The SMILES string of the molecule is CCCn1c(SCc2ccccc2C)nc2c(c1=O)C1(CCCC1)Cc1ccccc1-2. The van der Waals surface area contributed by atoms with Crippen molar-refractivity contribution in [2.45, 2.75) is 75.2 Å². The number of thioether (sulfide) groups is 1. The van der Waals surface area contributed by atoms with Crippen molar-refractivity contribution in [3.8, 4) is 11.3 Å². The van der Waals surface area contributed by atoms with Gasteiger partial charge < -0.3 is 0 Å². The summed E-state index contributed by atoms with van der Waals surface area (Å²) in [7, 11) is 0. The van der Waals surface area contributed by atoms with Crippen LogP contribution in [0.1, 0.15) is 61.3 Å². The number of aromatic nitrogens is 2. The monoisotopic (exact) mass is 430 g/mol. The highest BCUT2D eigenvalue weighted by molar-refractivity contribution is 7.98. The molecule has 5 rings (SSSR count). The Hall–Kier alpha value is -2.33. The molecule has 2 aliphatic rings. The lowest BCUT2D eigenvalue weighted by Crippen LogP contribution is -2.40. The van der Waals surface area contributed by atoms with Crippen molar-refractivity contribution >= 4 is 11.8 Å². The third kappa shape index (κ3) is 3.55. The summed E-state index contributed by atoms with van der Waals surface area (Å²) in [5.41, 5.74) is 7.23. The fourth-order valence-corrected chi connectivity index (χ4v) is 6.58. The zero-order valence-corrected chi connectivity index (χ0v) is 19.3. The minimum atomic E-state index is -0.0253. The van der Waals surface area contributed by atoms with E-state index in [2.05, 4.69) is 62.4 Å². The Morgan fingerprint density at radius 2 is 1.81 bits per heavy atom. The highest BCUT2D eigenvalue weighted by atomic mass is 32.2. The Balaban J connectivity index is 1.66. The molecule has 4 heteroatoms. The summed E-state index contributed by atoms with van der Waals surface area (Å²) in [4.78, 5) is 19.2. The minimum Gasteiger partial charge on any atom is -0.287 e. The molecule has 0 unspecified atom stereocenters. The van der Waals surface area contributed by atoms with Gasteiger partial charge in [0.05, 0.1) is 11.3 Å².